The molecule has 0 aliphatic carbocycles. The summed E-state index contributed by atoms with van der Waals surface area (Å²) in [6.45, 7) is 3.93. The molecule has 4 heteroatoms. The first-order chi connectivity index (χ1) is 10.2. The Morgan fingerprint density at radius 3 is 2.86 bits per heavy atom. The van der Waals surface area contributed by atoms with E-state index in [1.165, 1.54) is 24.9 Å². The Morgan fingerprint density at radius 1 is 1.24 bits per heavy atom. The van der Waals surface area contributed by atoms with Crippen LogP contribution in [0, 0.1) is 0 Å². The minimum Gasteiger partial charge on any atom is -0.338 e. The van der Waals surface area contributed by atoms with E-state index in [4.69, 9.17) is 5.73 Å². The quantitative estimate of drug-likeness (QED) is 0.907. The van der Waals surface area contributed by atoms with Gasteiger partial charge in [-0.3, -0.25) is 9.69 Å². The summed E-state index contributed by atoms with van der Waals surface area (Å²) in [6, 6.07) is 10.5. The number of aryl methyl sites for hydroxylation is 1. The number of carbonyl (C=O) groups is 1. The number of benzene rings is 1. The van der Waals surface area contributed by atoms with E-state index in [0.29, 0.717) is 6.04 Å². The highest BCUT2D eigenvalue weighted by Gasteiger charge is 2.33. The fraction of sp³-hybridized carbons (Fsp3) is 0.588. The summed E-state index contributed by atoms with van der Waals surface area (Å²) in [5.41, 5.74) is 7.38. The van der Waals surface area contributed by atoms with Crippen molar-refractivity contribution in [3.05, 3.63) is 35.9 Å². The molecule has 0 spiro atoms. The van der Waals surface area contributed by atoms with Gasteiger partial charge in [-0.25, -0.2) is 0 Å². The van der Waals surface area contributed by atoms with E-state index in [-0.39, 0.29) is 11.9 Å². The fourth-order valence-electron chi connectivity index (χ4n) is 3.52. The Kier molecular flexibility index (Phi) is 4.56. The number of fused-ring (bicyclic) bond motifs is 1. The largest absolute Gasteiger partial charge is 0.338 e. The Labute approximate surface area is 126 Å². The van der Waals surface area contributed by atoms with Crippen molar-refractivity contribution in [3.63, 3.8) is 0 Å². The summed E-state index contributed by atoms with van der Waals surface area (Å²) in [4.78, 5) is 17.0. The van der Waals surface area contributed by atoms with Gasteiger partial charge in [0.2, 0.25) is 5.91 Å². The van der Waals surface area contributed by atoms with Crippen LogP contribution >= 0.6 is 0 Å². The highest BCUT2D eigenvalue weighted by atomic mass is 16.2. The van der Waals surface area contributed by atoms with Crippen molar-refractivity contribution in [1.29, 1.82) is 0 Å². The average Bonchev–Trinajstić information content (AvgIpc) is 3.00. The minimum atomic E-state index is -0.363. The zero-order valence-corrected chi connectivity index (χ0v) is 12.6. The molecule has 1 aromatic carbocycles. The van der Waals surface area contributed by atoms with Crippen molar-refractivity contribution in [3.8, 4) is 0 Å². The summed E-state index contributed by atoms with van der Waals surface area (Å²) in [6.07, 6.45) is 4.10. The Bertz CT molecular complexity index is 476. The van der Waals surface area contributed by atoms with Gasteiger partial charge in [0.05, 0.1) is 6.04 Å². The molecule has 2 aliphatic heterocycles. The number of carbonyl (C=O) groups excluding carboxylic acids is 1. The van der Waals surface area contributed by atoms with E-state index in [9.17, 15) is 4.79 Å². The zero-order valence-electron chi connectivity index (χ0n) is 12.6. The van der Waals surface area contributed by atoms with E-state index in [2.05, 4.69) is 17.0 Å². The SMILES string of the molecule is N[C@@H](CCc1ccccc1)C(=O)N1CCN2CCCC2C1. The maximum Gasteiger partial charge on any atom is 0.239 e. The molecule has 114 valence electrons. The molecule has 21 heavy (non-hydrogen) atoms. The van der Waals surface area contributed by atoms with Gasteiger partial charge in [0.15, 0.2) is 0 Å². The molecule has 2 heterocycles. The summed E-state index contributed by atoms with van der Waals surface area (Å²) < 4.78 is 0. The fourth-order valence-corrected chi connectivity index (χ4v) is 3.52. The van der Waals surface area contributed by atoms with Crippen LogP contribution in [0.15, 0.2) is 30.3 Å². The molecule has 0 aromatic heterocycles. The van der Waals surface area contributed by atoms with Crippen molar-refractivity contribution < 1.29 is 4.79 Å². The van der Waals surface area contributed by atoms with Gasteiger partial charge in [-0.2, -0.15) is 0 Å². The molecule has 2 atom stereocenters. The highest BCUT2D eigenvalue weighted by Crippen LogP contribution is 2.22. The average molecular weight is 287 g/mol. The number of hydrogen-bond donors (Lipinski definition) is 1. The molecule has 0 bridgehead atoms. The second-order valence-corrected chi connectivity index (χ2v) is 6.25. The van der Waals surface area contributed by atoms with Crippen LogP contribution in [0.3, 0.4) is 0 Å². The zero-order chi connectivity index (χ0) is 14.7. The van der Waals surface area contributed by atoms with Crippen LogP contribution in [0.5, 0.6) is 0 Å². The molecular weight excluding hydrogens is 262 g/mol. The third-order valence-corrected chi connectivity index (χ3v) is 4.80. The van der Waals surface area contributed by atoms with E-state index in [1.54, 1.807) is 0 Å². The van der Waals surface area contributed by atoms with Crippen LogP contribution in [0.4, 0.5) is 0 Å². The van der Waals surface area contributed by atoms with Crippen LogP contribution in [0.1, 0.15) is 24.8 Å². The lowest BCUT2D eigenvalue weighted by molar-refractivity contribution is -0.135. The Hall–Kier alpha value is -1.39. The molecule has 2 aliphatic rings. The van der Waals surface area contributed by atoms with Crippen molar-refractivity contribution in [2.45, 2.75) is 37.8 Å². The topological polar surface area (TPSA) is 49.6 Å². The molecule has 2 N–H and O–H groups in total. The number of rotatable bonds is 4. The molecular formula is C17H25N3O. The van der Waals surface area contributed by atoms with Crippen LogP contribution in [0.25, 0.3) is 0 Å². The monoisotopic (exact) mass is 287 g/mol. The molecule has 0 radical (unpaired) electrons. The third-order valence-electron chi connectivity index (χ3n) is 4.80. The predicted molar refractivity (Wildman–Crippen MR) is 83.9 cm³/mol. The number of nitrogens with two attached hydrogens (primary N) is 1. The van der Waals surface area contributed by atoms with Gasteiger partial charge in [-0.15, -0.1) is 0 Å². The smallest absolute Gasteiger partial charge is 0.239 e. The van der Waals surface area contributed by atoms with Gasteiger partial charge in [0, 0.05) is 25.7 Å². The molecule has 3 rings (SSSR count). The van der Waals surface area contributed by atoms with Crippen molar-refractivity contribution >= 4 is 5.91 Å². The maximum atomic E-state index is 12.5. The van der Waals surface area contributed by atoms with Gasteiger partial charge < -0.3 is 10.6 Å². The van der Waals surface area contributed by atoms with Gasteiger partial charge in [-0.05, 0) is 37.8 Å². The first kappa shape index (κ1) is 14.5. The maximum absolute atomic E-state index is 12.5. The second-order valence-electron chi connectivity index (χ2n) is 6.25. The number of hydrogen-bond acceptors (Lipinski definition) is 3. The summed E-state index contributed by atoms with van der Waals surface area (Å²) in [5.74, 6) is 0.137. The molecule has 1 aromatic rings. The van der Waals surface area contributed by atoms with E-state index in [0.717, 1.165) is 32.5 Å². The molecule has 0 saturated carbocycles. The van der Waals surface area contributed by atoms with Crippen LogP contribution < -0.4 is 5.73 Å². The molecule has 1 amide bonds. The normalized spacial score (nSPS) is 23.9. The van der Waals surface area contributed by atoms with Crippen LogP contribution in [0.2, 0.25) is 0 Å². The van der Waals surface area contributed by atoms with Crippen molar-refractivity contribution in [2.24, 2.45) is 5.73 Å². The number of nitrogens with zero attached hydrogens (tertiary/aromatic N) is 2. The number of amides is 1. The van der Waals surface area contributed by atoms with E-state index < -0.39 is 0 Å². The third kappa shape index (κ3) is 3.44. The van der Waals surface area contributed by atoms with Gasteiger partial charge in [-0.1, -0.05) is 30.3 Å². The molecule has 4 nitrogen and oxygen atoms in total. The first-order valence-corrected chi connectivity index (χ1v) is 8.06. The van der Waals surface area contributed by atoms with Gasteiger partial charge >= 0.3 is 0 Å². The summed E-state index contributed by atoms with van der Waals surface area (Å²) in [5, 5.41) is 0. The van der Waals surface area contributed by atoms with Crippen molar-refractivity contribution in [2.75, 3.05) is 26.2 Å². The summed E-state index contributed by atoms with van der Waals surface area (Å²) >= 11 is 0. The van der Waals surface area contributed by atoms with Crippen molar-refractivity contribution in [1.82, 2.24) is 9.80 Å². The Balaban J connectivity index is 1.50. The molecule has 2 fully saturated rings. The standard InChI is InChI=1S/C17H25N3O/c18-16(9-8-14-5-2-1-3-6-14)17(21)20-12-11-19-10-4-7-15(19)13-20/h1-3,5-6,15-16H,4,7-13,18H2/t15?,16-/m0/s1. The lowest BCUT2D eigenvalue weighted by atomic mass is 10.0. The lowest BCUT2D eigenvalue weighted by Crippen LogP contribution is -2.55. The van der Waals surface area contributed by atoms with Crippen LogP contribution in [-0.4, -0.2) is 54.0 Å². The number of piperazine rings is 1. The highest BCUT2D eigenvalue weighted by molar-refractivity contribution is 5.81. The predicted octanol–water partition coefficient (Wildman–Crippen LogP) is 1.25. The van der Waals surface area contributed by atoms with E-state index >= 15 is 0 Å². The van der Waals surface area contributed by atoms with Crippen LogP contribution in [-0.2, 0) is 11.2 Å². The summed E-state index contributed by atoms with van der Waals surface area (Å²) in [7, 11) is 0. The van der Waals surface area contributed by atoms with Gasteiger partial charge in [0.25, 0.3) is 0 Å². The second kappa shape index (κ2) is 6.58. The minimum absolute atomic E-state index is 0.137. The van der Waals surface area contributed by atoms with E-state index in [1.807, 2.05) is 23.1 Å². The molecule has 1 unspecified atom stereocenters. The molecule has 2 saturated heterocycles. The lowest BCUT2D eigenvalue weighted by Gasteiger charge is -2.38. The van der Waals surface area contributed by atoms with Gasteiger partial charge in [0.1, 0.15) is 0 Å². The first-order valence-electron chi connectivity index (χ1n) is 8.06. The Morgan fingerprint density at radius 2 is 2.05 bits per heavy atom.